The summed E-state index contributed by atoms with van der Waals surface area (Å²) in [5.74, 6) is -1.84. The van der Waals surface area contributed by atoms with E-state index in [1.807, 2.05) is 0 Å². The third-order valence-corrected chi connectivity index (χ3v) is 3.63. The van der Waals surface area contributed by atoms with Gasteiger partial charge >= 0.3 is 12.1 Å². The van der Waals surface area contributed by atoms with Gasteiger partial charge in [0.15, 0.2) is 5.41 Å². The number of aliphatic hydroxyl groups is 1. The van der Waals surface area contributed by atoms with E-state index >= 15 is 0 Å². The maximum Gasteiger partial charge on any atom is 0.406 e. The van der Waals surface area contributed by atoms with Crippen LogP contribution in [0.1, 0.15) is 26.7 Å². The Morgan fingerprint density at radius 1 is 1.44 bits per heavy atom. The molecule has 1 aliphatic heterocycles. The lowest BCUT2D eigenvalue weighted by atomic mass is 9.86. The first kappa shape index (κ1) is 15.2. The summed E-state index contributed by atoms with van der Waals surface area (Å²) in [6.07, 6.45) is -4.84. The van der Waals surface area contributed by atoms with Gasteiger partial charge in [-0.25, -0.2) is 0 Å². The Morgan fingerprint density at radius 2 is 2.00 bits per heavy atom. The highest BCUT2D eigenvalue weighted by Crippen LogP contribution is 2.45. The van der Waals surface area contributed by atoms with Crippen LogP contribution in [0.2, 0.25) is 0 Å². The molecule has 2 unspecified atom stereocenters. The van der Waals surface area contributed by atoms with Crippen molar-refractivity contribution in [3.8, 4) is 0 Å². The normalized spacial score (nSPS) is 29.2. The molecule has 0 aromatic rings. The number of rotatable bonds is 4. The average Bonchev–Trinajstić information content (AvgIpc) is 2.61. The molecular formula is C11H18F3NO3. The standard InChI is InChI=1S/C11H18F3NO3/c1-3-9(2,18)6-15-5-4-10(7-15,8(16)17)11(12,13)14/h18H,3-7H2,1-2H3,(H,16,17). The summed E-state index contributed by atoms with van der Waals surface area (Å²) in [5, 5.41) is 18.7. The largest absolute Gasteiger partial charge is 0.481 e. The van der Waals surface area contributed by atoms with Crippen molar-refractivity contribution in [2.45, 2.75) is 38.5 Å². The van der Waals surface area contributed by atoms with Crippen LogP contribution in [0.4, 0.5) is 13.2 Å². The topological polar surface area (TPSA) is 60.8 Å². The number of aliphatic carboxylic acids is 1. The molecule has 1 rings (SSSR count). The summed E-state index contributed by atoms with van der Waals surface area (Å²) in [5.41, 5.74) is -3.79. The average molecular weight is 269 g/mol. The van der Waals surface area contributed by atoms with E-state index < -0.39 is 36.1 Å². The van der Waals surface area contributed by atoms with Gasteiger partial charge in [0, 0.05) is 13.1 Å². The molecule has 0 aromatic carbocycles. The van der Waals surface area contributed by atoms with Crippen molar-refractivity contribution in [3.05, 3.63) is 0 Å². The van der Waals surface area contributed by atoms with Crippen molar-refractivity contribution in [1.29, 1.82) is 0 Å². The number of nitrogens with zero attached hydrogens (tertiary/aromatic N) is 1. The predicted molar refractivity (Wildman–Crippen MR) is 58.1 cm³/mol. The van der Waals surface area contributed by atoms with Gasteiger partial charge in [0.25, 0.3) is 0 Å². The van der Waals surface area contributed by atoms with Crippen LogP contribution in [-0.4, -0.2) is 52.5 Å². The van der Waals surface area contributed by atoms with E-state index in [1.165, 1.54) is 11.8 Å². The highest BCUT2D eigenvalue weighted by molar-refractivity contribution is 5.76. The van der Waals surface area contributed by atoms with Gasteiger partial charge in [0.1, 0.15) is 0 Å². The molecule has 0 saturated carbocycles. The second kappa shape index (κ2) is 4.70. The Labute approximate surface area is 103 Å². The van der Waals surface area contributed by atoms with E-state index in [9.17, 15) is 23.1 Å². The molecule has 4 nitrogen and oxygen atoms in total. The molecule has 106 valence electrons. The van der Waals surface area contributed by atoms with Gasteiger partial charge in [-0.05, 0) is 26.3 Å². The molecule has 0 spiro atoms. The number of likely N-dealkylation sites (tertiary alicyclic amines) is 1. The van der Waals surface area contributed by atoms with E-state index in [1.54, 1.807) is 6.92 Å². The van der Waals surface area contributed by atoms with E-state index in [0.29, 0.717) is 6.42 Å². The van der Waals surface area contributed by atoms with Crippen molar-refractivity contribution in [2.75, 3.05) is 19.6 Å². The lowest BCUT2D eigenvalue weighted by Crippen LogP contribution is -2.48. The number of β-amino-alcohol motifs (C(OH)–C–C–N with tert-alkyl or cyclic N) is 1. The number of carboxylic acid groups (broad SMARTS) is 1. The van der Waals surface area contributed by atoms with Crippen LogP contribution in [0.5, 0.6) is 0 Å². The lowest BCUT2D eigenvalue weighted by Gasteiger charge is -2.30. The Bertz CT molecular complexity index is 330. The first-order chi connectivity index (χ1) is 8.04. The maximum absolute atomic E-state index is 12.9. The van der Waals surface area contributed by atoms with E-state index in [2.05, 4.69) is 0 Å². The van der Waals surface area contributed by atoms with Gasteiger partial charge in [-0.2, -0.15) is 13.2 Å². The number of carbonyl (C=O) groups is 1. The summed E-state index contributed by atoms with van der Waals surface area (Å²) in [4.78, 5) is 12.3. The molecule has 18 heavy (non-hydrogen) atoms. The number of hydrogen-bond acceptors (Lipinski definition) is 3. The summed E-state index contributed by atoms with van der Waals surface area (Å²) in [6.45, 7) is 2.74. The van der Waals surface area contributed by atoms with Crippen LogP contribution >= 0.6 is 0 Å². The molecule has 0 aliphatic carbocycles. The highest BCUT2D eigenvalue weighted by atomic mass is 19.4. The third-order valence-electron chi connectivity index (χ3n) is 3.63. The molecule has 1 fully saturated rings. The molecule has 1 aliphatic rings. The molecule has 1 saturated heterocycles. The zero-order valence-corrected chi connectivity index (χ0v) is 10.4. The van der Waals surface area contributed by atoms with Gasteiger partial charge in [-0.1, -0.05) is 6.92 Å². The Hall–Kier alpha value is -0.820. The Morgan fingerprint density at radius 3 is 2.33 bits per heavy atom. The number of carboxylic acids is 1. The molecule has 0 radical (unpaired) electrons. The molecular weight excluding hydrogens is 251 g/mol. The van der Waals surface area contributed by atoms with E-state index in [-0.39, 0.29) is 13.1 Å². The van der Waals surface area contributed by atoms with Crippen LogP contribution < -0.4 is 0 Å². The fourth-order valence-electron chi connectivity index (χ4n) is 2.14. The van der Waals surface area contributed by atoms with Crippen LogP contribution in [0, 0.1) is 5.41 Å². The minimum Gasteiger partial charge on any atom is -0.481 e. The first-order valence-corrected chi connectivity index (χ1v) is 5.79. The monoisotopic (exact) mass is 269 g/mol. The van der Waals surface area contributed by atoms with Crippen LogP contribution in [-0.2, 0) is 4.79 Å². The minimum atomic E-state index is -4.77. The minimum absolute atomic E-state index is 0.0297. The Balaban J connectivity index is 2.82. The van der Waals surface area contributed by atoms with Gasteiger partial charge in [-0.15, -0.1) is 0 Å². The zero-order chi connectivity index (χ0) is 14.2. The quantitative estimate of drug-likeness (QED) is 0.811. The molecule has 0 bridgehead atoms. The summed E-state index contributed by atoms with van der Waals surface area (Å²) < 4.78 is 38.7. The first-order valence-electron chi connectivity index (χ1n) is 5.79. The van der Waals surface area contributed by atoms with Crippen molar-refractivity contribution < 1.29 is 28.2 Å². The number of halogens is 3. The molecule has 2 atom stereocenters. The van der Waals surface area contributed by atoms with Crippen molar-refractivity contribution in [3.63, 3.8) is 0 Å². The predicted octanol–water partition coefficient (Wildman–Crippen LogP) is 1.49. The number of alkyl halides is 3. The third kappa shape index (κ3) is 2.77. The molecule has 0 amide bonds. The van der Waals surface area contributed by atoms with Crippen LogP contribution in [0.3, 0.4) is 0 Å². The van der Waals surface area contributed by atoms with Gasteiger partial charge in [0.05, 0.1) is 5.60 Å². The Kier molecular flexibility index (Phi) is 3.97. The summed E-state index contributed by atoms with van der Waals surface area (Å²) in [6, 6.07) is 0. The summed E-state index contributed by atoms with van der Waals surface area (Å²) >= 11 is 0. The number of hydrogen-bond donors (Lipinski definition) is 2. The van der Waals surface area contributed by atoms with Crippen molar-refractivity contribution in [1.82, 2.24) is 4.90 Å². The fraction of sp³-hybridized carbons (Fsp3) is 0.909. The maximum atomic E-state index is 12.9. The molecule has 1 heterocycles. The second-order valence-electron chi connectivity index (χ2n) is 5.20. The lowest BCUT2D eigenvalue weighted by molar-refractivity contribution is -0.228. The van der Waals surface area contributed by atoms with Crippen LogP contribution in [0.25, 0.3) is 0 Å². The highest BCUT2D eigenvalue weighted by Gasteiger charge is 2.63. The summed E-state index contributed by atoms with van der Waals surface area (Å²) in [7, 11) is 0. The smallest absolute Gasteiger partial charge is 0.406 e. The van der Waals surface area contributed by atoms with E-state index in [0.717, 1.165) is 0 Å². The molecule has 2 N–H and O–H groups in total. The van der Waals surface area contributed by atoms with Gasteiger partial charge in [0.2, 0.25) is 0 Å². The van der Waals surface area contributed by atoms with E-state index in [4.69, 9.17) is 5.11 Å². The second-order valence-corrected chi connectivity index (χ2v) is 5.20. The molecule has 7 heteroatoms. The SMILES string of the molecule is CCC(C)(O)CN1CCC(C(=O)O)(C(F)(F)F)C1. The van der Waals surface area contributed by atoms with Gasteiger partial charge in [-0.3, -0.25) is 9.69 Å². The fourth-order valence-corrected chi connectivity index (χ4v) is 2.14. The van der Waals surface area contributed by atoms with Crippen molar-refractivity contribution in [2.24, 2.45) is 5.41 Å². The van der Waals surface area contributed by atoms with Crippen LogP contribution in [0.15, 0.2) is 0 Å². The van der Waals surface area contributed by atoms with Crippen molar-refractivity contribution >= 4 is 5.97 Å². The van der Waals surface area contributed by atoms with Gasteiger partial charge < -0.3 is 10.2 Å². The molecule has 0 aromatic heterocycles. The zero-order valence-electron chi connectivity index (χ0n) is 10.4.